The highest BCUT2D eigenvalue weighted by atomic mass is 16.3. The Bertz CT molecular complexity index is 3020. The molecule has 9 aromatic carbocycles. The summed E-state index contributed by atoms with van der Waals surface area (Å²) < 4.78 is 6.30. The Morgan fingerprint density at radius 3 is 1.36 bits per heavy atom. The molecule has 0 aliphatic carbocycles. The first-order chi connectivity index (χ1) is 29.2. The molecule has 10 aromatic rings. The molecule has 0 bridgehead atoms. The van der Waals surface area contributed by atoms with Crippen molar-refractivity contribution in [2.24, 2.45) is 0 Å². The summed E-state index contributed by atoms with van der Waals surface area (Å²) in [6.07, 6.45) is 0. The summed E-state index contributed by atoms with van der Waals surface area (Å²) >= 11 is 0. The van der Waals surface area contributed by atoms with Gasteiger partial charge < -0.3 is 9.32 Å². The average Bonchev–Trinajstić information content (AvgIpc) is 3.66. The fraction of sp³-hybridized carbons (Fsp3) is 0.0175. The van der Waals surface area contributed by atoms with Crippen molar-refractivity contribution < 1.29 is 4.42 Å². The summed E-state index contributed by atoms with van der Waals surface area (Å²) in [4.78, 5) is 2.37. The Balaban J connectivity index is 0.978. The van der Waals surface area contributed by atoms with Crippen LogP contribution in [-0.4, -0.2) is 0 Å². The number of para-hydroxylation sites is 2. The van der Waals surface area contributed by atoms with Crippen molar-refractivity contribution in [2.75, 3.05) is 4.90 Å². The van der Waals surface area contributed by atoms with Crippen LogP contribution in [-0.2, 0) is 0 Å². The fourth-order valence-electron chi connectivity index (χ4n) is 8.30. The van der Waals surface area contributed by atoms with Gasteiger partial charge in [0.1, 0.15) is 11.3 Å². The molecule has 1 aromatic heterocycles. The number of aryl methyl sites for hydroxylation is 1. The van der Waals surface area contributed by atoms with Crippen molar-refractivity contribution in [3.63, 3.8) is 0 Å². The van der Waals surface area contributed by atoms with E-state index in [0.29, 0.717) is 0 Å². The molecule has 280 valence electrons. The molecule has 1 heterocycles. The molecule has 0 N–H and O–H groups in total. The van der Waals surface area contributed by atoms with Crippen molar-refractivity contribution in [3.05, 3.63) is 236 Å². The molecule has 0 radical (unpaired) electrons. The van der Waals surface area contributed by atoms with Gasteiger partial charge in [0.15, 0.2) is 0 Å². The van der Waals surface area contributed by atoms with E-state index in [2.05, 4.69) is 230 Å². The molecule has 0 saturated carbocycles. The third-order valence-electron chi connectivity index (χ3n) is 11.3. The van der Waals surface area contributed by atoms with Crippen LogP contribution < -0.4 is 4.90 Å². The maximum absolute atomic E-state index is 6.30. The van der Waals surface area contributed by atoms with Crippen LogP contribution in [0.15, 0.2) is 235 Å². The monoisotopic (exact) mass is 755 g/mol. The minimum atomic E-state index is 0.919. The van der Waals surface area contributed by atoms with Crippen LogP contribution in [0.3, 0.4) is 0 Å². The number of hydrogen-bond acceptors (Lipinski definition) is 2. The van der Waals surface area contributed by atoms with Crippen LogP contribution in [0.4, 0.5) is 17.1 Å². The highest BCUT2D eigenvalue weighted by molar-refractivity contribution is 5.91. The van der Waals surface area contributed by atoms with Gasteiger partial charge >= 0.3 is 0 Å². The number of benzene rings is 9. The summed E-state index contributed by atoms with van der Waals surface area (Å²) in [5.41, 5.74) is 18.3. The zero-order valence-corrected chi connectivity index (χ0v) is 32.8. The lowest BCUT2D eigenvalue weighted by atomic mass is 9.94. The number of fused-ring (bicyclic) bond motifs is 1. The largest absolute Gasteiger partial charge is 0.456 e. The molecule has 0 spiro atoms. The SMILES string of the molecule is Cc1c(-c2cccc(-c3ccc(-c4ccc(N(c5ccc(-c6ccccc6-c6ccccc6)cc5)c5ccccc5-c5ccccc5)cc4)cc3)c2)oc2ccccc12. The van der Waals surface area contributed by atoms with Crippen LogP contribution in [0.2, 0.25) is 0 Å². The van der Waals surface area contributed by atoms with E-state index in [1.54, 1.807) is 0 Å². The van der Waals surface area contributed by atoms with Gasteiger partial charge in [-0.25, -0.2) is 0 Å². The Kier molecular flexibility index (Phi) is 9.50. The summed E-state index contributed by atoms with van der Waals surface area (Å²) in [7, 11) is 0. The van der Waals surface area contributed by atoms with Crippen LogP contribution in [0, 0.1) is 6.92 Å². The van der Waals surface area contributed by atoms with Gasteiger partial charge in [-0.15, -0.1) is 0 Å². The van der Waals surface area contributed by atoms with Crippen molar-refractivity contribution in [1.82, 2.24) is 0 Å². The molecule has 10 rings (SSSR count). The van der Waals surface area contributed by atoms with E-state index in [0.717, 1.165) is 50.5 Å². The van der Waals surface area contributed by atoms with Gasteiger partial charge in [0, 0.05) is 33.5 Å². The van der Waals surface area contributed by atoms with Gasteiger partial charge in [0.2, 0.25) is 0 Å². The zero-order valence-electron chi connectivity index (χ0n) is 32.8. The maximum Gasteiger partial charge on any atom is 0.138 e. The lowest BCUT2D eigenvalue weighted by Crippen LogP contribution is -2.11. The van der Waals surface area contributed by atoms with Crippen molar-refractivity contribution in [1.29, 1.82) is 0 Å². The number of rotatable bonds is 9. The molecule has 0 atom stereocenters. The topological polar surface area (TPSA) is 16.4 Å². The quantitative estimate of drug-likeness (QED) is 0.146. The first-order valence-corrected chi connectivity index (χ1v) is 20.2. The molecule has 2 nitrogen and oxygen atoms in total. The minimum Gasteiger partial charge on any atom is -0.456 e. The maximum atomic E-state index is 6.30. The van der Waals surface area contributed by atoms with E-state index in [9.17, 15) is 0 Å². The minimum absolute atomic E-state index is 0.919. The second-order valence-corrected chi connectivity index (χ2v) is 14.9. The van der Waals surface area contributed by atoms with E-state index >= 15 is 0 Å². The van der Waals surface area contributed by atoms with Gasteiger partial charge in [-0.3, -0.25) is 0 Å². The second kappa shape index (κ2) is 15.7. The van der Waals surface area contributed by atoms with Crippen molar-refractivity contribution in [3.8, 4) is 67.0 Å². The summed E-state index contributed by atoms with van der Waals surface area (Å²) in [5, 5.41) is 1.16. The normalized spacial score (nSPS) is 11.1. The number of hydrogen-bond donors (Lipinski definition) is 0. The highest BCUT2D eigenvalue weighted by Crippen LogP contribution is 2.43. The molecule has 0 aliphatic heterocycles. The predicted molar refractivity (Wildman–Crippen MR) is 248 cm³/mol. The summed E-state index contributed by atoms with van der Waals surface area (Å²) in [6, 6.07) is 82.3. The van der Waals surface area contributed by atoms with Crippen LogP contribution in [0.1, 0.15) is 5.56 Å². The molecule has 59 heavy (non-hydrogen) atoms. The lowest BCUT2D eigenvalue weighted by molar-refractivity contribution is 0.629. The average molecular weight is 756 g/mol. The fourth-order valence-corrected chi connectivity index (χ4v) is 8.30. The van der Waals surface area contributed by atoms with Crippen molar-refractivity contribution >= 4 is 28.0 Å². The van der Waals surface area contributed by atoms with Crippen LogP contribution in [0.25, 0.3) is 77.9 Å². The van der Waals surface area contributed by atoms with Crippen LogP contribution in [0.5, 0.6) is 0 Å². The second-order valence-electron chi connectivity index (χ2n) is 14.9. The van der Waals surface area contributed by atoms with E-state index in [1.807, 2.05) is 12.1 Å². The molecular formula is C57H41NO. The first kappa shape index (κ1) is 35.7. The number of nitrogens with zero attached hydrogens (tertiary/aromatic N) is 1. The molecule has 0 aliphatic rings. The number of anilines is 3. The van der Waals surface area contributed by atoms with Gasteiger partial charge in [-0.2, -0.15) is 0 Å². The third-order valence-corrected chi connectivity index (χ3v) is 11.3. The Morgan fingerprint density at radius 1 is 0.322 bits per heavy atom. The van der Waals surface area contributed by atoms with Gasteiger partial charge in [-0.1, -0.05) is 188 Å². The highest BCUT2D eigenvalue weighted by Gasteiger charge is 2.18. The molecule has 2 heteroatoms. The van der Waals surface area contributed by atoms with E-state index < -0.39 is 0 Å². The van der Waals surface area contributed by atoms with Gasteiger partial charge in [0.05, 0.1) is 5.69 Å². The molecule has 0 unspecified atom stereocenters. The van der Waals surface area contributed by atoms with E-state index in [4.69, 9.17) is 4.42 Å². The lowest BCUT2D eigenvalue weighted by Gasteiger charge is -2.28. The number of furan rings is 1. The standard InChI is InChI=1S/C57H41NO/c1-40-51-21-11-13-26-56(51)59-57(40)48-20-14-19-47(39-48)43-29-27-41(28-30-43)42-31-35-49(36-32-42)58(55-25-12-10-24-54(55)45-17-6-3-7-18-45)50-37-33-46(34-38-50)53-23-9-8-22-52(53)44-15-4-2-5-16-44/h2-39H,1H3. The van der Waals surface area contributed by atoms with Crippen LogP contribution >= 0.6 is 0 Å². The Labute approximate surface area is 345 Å². The molecular weight excluding hydrogens is 715 g/mol. The Hall–Kier alpha value is -7.68. The molecule has 0 saturated heterocycles. The van der Waals surface area contributed by atoms with Crippen molar-refractivity contribution in [2.45, 2.75) is 6.92 Å². The Morgan fingerprint density at radius 2 is 0.746 bits per heavy atom. The third kappa shape index (κ3) is 7.03. The first-order valence-electron chi connectivity index (χ1n) is 20.2. The zero-order chi connectivity index (χ0) is 39.5. The summed E-state index contributed by atoms with van der Waals surface area (Å²) in [5.74, 6) is 0.925. The smallest absolute Gasteiger partial charge is 0.138 e. The molecule has 0 amide bonds. The van der Waals surface area contributed by atoms with Gasteiger partial charge in [-0.05, 0) is 99.5 Å². The predicted octanol–water partition coefficient (Wildman–Crippen LogP) is 16.2. The molecule has 0 fully saturated rings. The van der Waals surface area contributed by atoms with E-state index in [-0.39, 0.29) is 0 Å². The van der Waals surface area contributed by atoms with Gasteiger partial charge in [0.25, 0.3) is 0 Å². The summed E-state index contributed by atoms with van der Waals surface area (Å²) in [6.45, 7) is 2.14. The van der Waals surface area contributed by atoms with E-state index in [1.165, 1.54) is 50.1 Å².